The van der Waals surface area contributed by atoms with Crippen molar-refractivity contribution in [3.05, 3.63) is 23.8 Å². The molecule has 15 heteroatoms. The number of hydrogen-bond donors (Lipinski definition) is 2. The molecule has 14 nitrogen and oxygen atoms in total. The zero-order chi connectivity index (χ0) is 26.5. The standard InChI is InChI=1S/C10H14N4O2.C8H9N3O2.C2H7NO.C2H3N.ClH/c1-13(16-2)9(15)8-6-14(12-11-8)10-3-7(4-10)5-10;12-7(13)6-4-11(10-9-6)8-1-5(2-8)3-8;1-3-4-2;1-2-3;/h6-7H,3-5H2,1-2H3;4-5H,1-3H2,(H,12,13);3H,1-2H3;1H3;1H. The van der Waals surface area contributed by atoms with Crippen LogP contribution in [0.5, 0.6) is 0 Å². The highest BCUT2D eigenvalue weighted by Crippen LogP contribution is 2.62. The molecule has 2 heterocycles. The van der Waals surface area contributed by atoms with Crippen LogP contribution in [-0.2, 0) is 20.8 Å². The summed E-state index contributed by atoms with van der Waals surface area (Å²) >= 11 is 0. The van der Waals surface area contributed by atoms with Crippen LogP contribution >= 0.6 is 12.4 Å². The topological polar surface area (TPSA) is 173 Å². The number of hydroxylamine groups is 3. The monoisotopic (exact) mass is 539 g/mol. The third-order valence-electron chi connectivity index (χ3n) is 7.17. The van der Waals surface area contributed by atoms with E-state index in [0.717, 1.165) is 36.2 Å². The van der Waals surface area contributed by atoms with Crippen LogP contribution in [0.4, 0.5) is 0 Å². The molecule has 4 bridgehead atoms. The Balaban J connectivity index is 0.000000207. The van der Waals surface area contributed by atoms with Crippen molar-refractivity contribution < 1.29 is 24.4 Å². The Kier molecular flexibility index (Phi) is 10.1. The van der Waals surface area contributed by atoms with Crippen LogP contribution < -0.4 is 5.48 Å². The fourth-order valence-corrected chi connectivity index (χ4v) is 4.86. The Morgan fingerprint density at radius 1 is 1.05 bits per heavy atom. The van der Waals surface area contributed by atoms with Gasteiger partial charge < -0.3 is 9.94 Å². The quantitative estimate of drug-likeness (QED) is 0.510. The Morgan fingerprint density at radius 2 is 1.43 bits per heavy atom. The van der Waals surface area contributed by atoms with E-state index in [4.69, 9.17) is 15.2 Å². The van der Waals surface area contributed by atoms with Gasteiger partial charge in [-0.2, -0.15) is 5.26 Å². The number of aromatic carboxylic acids is 1. The molecule has 1 amide bonds. The number of carboxylic acid groups (broad SMARTS) is 1. The van der Waals surface area contributed by atoms with E-state index in [9.17, 15) is 9.59 Å². The Hall–Kier alpha value is -3.12. The van der Waals surface area contributed by atoms with E-state index in [1.54, 1.807) is 38.2 Å². The van der Waals surface area contributed by atoms with Crippen LogP contribution in [0.1, 0.15) is 66.4 Å². The van der Waals surface area contributed by atoms with Crippen LogP contribution in [0, 0.1) is 23.2 Å². The Bertz CT molecular complexity index is 1080. The van der Waals surface area contributed by atoms with E-state index >= 15 is 0 Å². The van der Waals surface area contributed by atoms with Crippen molar-refractivity contribution in [1.29, 1.82) is 5.26 Å². The second kappa shape index (κ2) is 12.4. The fraction of sp³-hybridized carbons (Fsp3) is 0.682. The number of aromatic nitrogens is 6. The van der Waals surface area contributed by atoms with Crippen LogP contribution in [0.3, 0.4) is 0 Å². The molecule has 0 aliphatic heterocycles. The van der Waals surface area contributed by atoms with Gasteiger partial charge >= 0.3 is 5.97 Å². The molecule has 0 atom stereocenters. The number of carbonyl (C=O) groups is 2. The number of nitriles is 1. The molecule has 204 valence electrons. The number of halogens is 1. The molecule has 0 spiro atoms. The average Bonchev–Trinajstić information content (AvgIpc) is 3.40. The van der Waals surface area contributed by atoms with Gasteiger partial charge in [-0.25, -0.2) is 24.7 Å². The minimum atomic E-state index is -1.00. The Labute approximate surface area is 221 Å². The maximum absolute atomic E-state index is 11.7. The van der Waals surface area contributed by atoms with E-state index in [0.29, 0.717) is 5.69 Å². The van der Waals surface area contributed by atoms with E-state index in [-0.39, 0.29) is 35.1 Å². The second-order valence-corrected chi connectivity index (χ2v) is 9.42. The predicted molar refractivity (Wildman–Crippen MR) is 131 cm³/mol. The SMILES string of the molecule is CC#N.CNOC.CON(C)C(=O)c1cn(C23CC(C2)C3)nn1.Cl.O=C(O)c1cn(C23CC(C2)C3)nn1. The predicted octanol–water partition coefficient (Wildman–Crippen LogP) is 1.62. The molecule has 6 aliphatic carbocycles. The summed E-state index contributed by atoms with van der Waals surface area (Å²) in [7, 11) is 6.28. The minimum absolute atomic E-state index is 0. The van der Waals surface area contributed by atoms with Crippen molar-refractivity contribution in [3.8, 4) is 6.07 Å². The normalized spacial score (nSPS) is 26.5. The molecular weight excluding hydrogens is 506 g/mol. The molecule has 0 radical (unpaired) electrons. The van der Waals surface area contributed by atoms with E-state index in [2.05, 4.69) is 30.9 Å². The van der Waals surface area contributed by atoms with Crippen molar-refractivity contribution in [2.45, 2.75) is 56.5 Å². The van der Waals surface area contributed by atoms with Crippen molar-refractivity contribution in [3.63, 3.8) is 0 Å². The number of rotatable bonds is 6. The van der Waals surface area contributed by atoms with Crippen molar-refractivity contribution in [2.24, 2.45) is 11.8 Å². The van der Waals surface area contributed by atoms with Gasteiger partial charge in [-0.1, -0.05) is 10.4 Å². The summed E-state index contributed by atoms with van der Waals surface area (Å²) in [5, 5.41) is 32.5. The lowest BCUT2D eigenvalue weighted by Gasteiger charge is -2.61. The first-order valence-corrected chi connectivity index (χ1v) is 11.6. The lowest BCUT2D eigenvalue weighted by molar-refractivity contribution is -0.0990. The van der Waals surface area contributed by atoms with Crippen LogP contribution in [0.25, 0.3) is 0 Å². The summed E-state index contributed by atoms with van der Waals surface area (Å²) in [4.78, 5) is 31.4. The lowest BCUT2D eigenvalue weighted by Crippen LogP contribution is -2.59. The lowest BCUT2D eigenvalue weighted by atomic mass is 9.50. The van der Waals surface area contributed by atoms with Gasteiger partial charge in [-0.05, 0) is 50.4 Å². The summed E-state index contributed by atoms with van der Waals surface area (Å²) in [6, 6.07) is 1.75. The van der Waals surface area contributed by atoms with Crippen LogP contribution in [0.15, 0.2) is 12.4 Å². The zero-order valence-electron chi connectivity index (χ0n) is 21.6. The fourth-order valence-electron chi connectivity index (χ4n) is 4.86. The number of hydrogen-bond acceptors (Lipinski definition) is 10. The summed E-state index contributed by atoms with van der Waals surface area (Å²) in [6.45, 7) is 1.43. The second-order valence-electron chi connectivity index (χ2n) is 9.42. The molecule has 2 aromatic rings. The first kappa shape index (κ1) is 30.1. The molecule has 0 unspecified atom stereocenters. The van der Waals surface area contributed by atoms with Gasteiger partial charge in [-0.3, -0.25) is 9.63 Å². The molecule has 6 saturated carbocycles. The smallest absolute Gasteiger partial charge is 0.358 e. The highest BCUT2D eigenvalue weighted by atomic mass is 35.5. The van der Waals surface area contributed by atoms with Gasteiger partial charge in [0.25, 0.3) is 5.91 Å². The highest BCUT2D eigenvalue weighted by molar-refractivity contribution is 5.90. The number of carbonyl (C=O) groups excluding carboxylic acids is 1. The zero-order valence-corrected chi connectivity index (χ0v) is 22.4. The summed E-state index contributed by atoms with van der Waals surface area (Å²) < 4.78 is 3.58. The number of amides is 1. The third kappa shape index (κ3) is 6.07. The molecule has 6 aliphatic rings. The molecule has 0 saturated heterocycles. The molecule has 37 heavy (non-hydrogen) atoms. The summed E-state index contributed by atoms with van der Waals surface area (Å²) in [5.41, 5.74) is 3.14. The minimum Gasteiger partial charge on any atom is -0.476 e. The van der Waals surface area contributed by atoms with Gasteiger partial charge in [0.1, 0.15) is 0 Å². The van der Waals surface area contributed by atoms with Crippen molar-refractivity contribution in [1.82, 2.24) is 40.5 Å². The molecule has 8 rings (SSSR count). The van der Waals surface area contributed by atoms with E-state index < -0.39 is 5.97 Å². The summed E-state index contributed by atoms with van der Waals surface area (Å²) in [5.74, 6) is 0.473. The maximum Gasteiger partial charge on any atom is 0.358 e. The molecule has 2 N–H and O–H groups in total. The number of carboxylic acids is 1. The van der Waals surface area contributed by atoms with Gasteiger partial charge in [0.2, 0.25) is 0 Å². The van der Waals surface area contributed by atoms with E-state index in [1.807, 2.05) is 4.68 Å². The number of nitrogens with zero attached hydrogens (tertiary/aromatic N) is 8. The van der Waals surface area contributed by atoms with Crippen molar-refractivity contribution in [2.75, 3.05) is 28.3 Å². The first-order valence-electron chi connectivity index (χ1n) is 11.6. The first-order chi connectivity index (χ1) is 17.2. The molecule has 6 fully saturated rings. The van der Waals surface area contributed by atoms with Crippen molar-refractivity contribution >= 4 is 24.3 Å². The molecule has 0 aromatic carbocycles. The summed E-state index contributed by atoms with van der Waals surface area (Å²) in [6.07, 6.45) is 10.3. The average molecular weight is 540 g/mol. The Morgan fingerprint density at radius 3 is 1.70 bits per heavy atom. The van der Waals surface area contributed by atoms with Crippen LogP contribution in [-0.4, -0.2) is 80.3 Å². The highest BCUT2D eigenvalue weighted by Gasteiger charge is 2.59. The van der Waals surface area contributed by atoms with Gasteiger partial charge in [0, 0.05) is 21.0 Å². The van der Waals surface area contributed by atoms with E-state index in [1.165, 1.54) is 39.5 Å². The van der Waals surface area contributed by atoms with Gasteiger partial charge in [-0.15, -0.1) is 22.6 Å². The maximum atomic E-state index is 11.7. The van der Waals surface area contributed by atoms with Crippen LogP contribution in [0.2, 0.25) is 0 Å². The van der Waals surface area contributed by atoms with Gasteiger partial charge in [0.05, 0.1) is 43.8 Å². The molecular formula is C22H34ClN9O5. The third-order valence-corrected chi connectivity index (χ3v) is 7.17. The number of nitrogens with one attached hydrogen (secondary N) is 1. The van der Waals surface area contributed by atoms with Gasteiger partial charge in [0.15, 0.2) is 11.4 Å². The molecule has 2 aromatic heterocycles. The largest absolute Gasteiger partial charge is 0.476 e.